The van der Waals surface area contributed by atoms with Gasteiger partial charge in [-0.3, -0.25) is 9.59 Å². The Bertz CT molecular complexity index is 1170. The third-order valence-electron chi connectivity index (χ3n) is 5.60. The summed E-state index contributed by atoms with van der Waals surface area (Å²) in [5, 5.41) is 2.59. The van der Waals surface area contributed by atoms with Crippen molar-refractivity contribution in [3.63, 3.8) is 0 Å². The lowest BCUT2D eigenvalue weighted by Crippen LogP contribution is -2.50. The van der Waals surface area contributed by atoms with Crippen LogP contribution in [-0.4, -0.2) is 41.4 Å². The number of thioether (sulfide) groups is 1. The molecule has 6 nitrogen and oxygen atoms in total. The van der Waals surface area contributed by atoms with Gasteiger partial charge in [0.05, 0.1) is 17.8 Å². The minimum Gasteiger partial charge on any atom is -0.444 e. The topological polar surface area (TPSA) is 75.7 Å². The molecule has 0 aliphatic carbocycles. The summed E-state index contributed by atoms with van der Waals surface area (Å²) in [4.78, 5) is 40.6. The maximum atomic E-state index is 15.0. The van der Waals surface area contributed by atoms with Crippen LogP contribution in [0.2, 0.25) is 0 Å². The number of alkyl halides is 3. The van der Waals surface area contributed by atoms with E-state index in [1.807, 2.05) is 6.07 Å². The Balaban J connectivity index is 1.90. The molecule has 3 rings (SSSR count). The first-order valence-electron chi connectivity index (χ1n) is 12.1. The van der Waals surface area contributed by atoms with Gasteiger partial charge < -0.3 is 15.0 Å². The average molecular weight is 555 g/mol. The van der Waals surface area contributed by atoms with Crippen LogP contribution in [0.15, 0.2) is 47.4 Å². The molecule has 0 bridgehead atoms. The van der Waals surface area contributed by atoms with Gasteiger partial charge in [-0.05, 0) is 51.3 Å². The first kappa shape index (κ1) is 29.5. The van der Waals surface area contributed by atoms with E-state index in [-0.39, 0.29) is 42.8 Å². The van der Waals surface area contributed by atoms with E-state index in [2.05, 4.69) is 5.32 Å². The summed E-state index contributed by atoms with van der Waals surface area (Å²) in [5.74, 6) is -1.83. The van der Waals surface area contributed by atoms with Gasteiger partial charge in [0.1, 0.15) is 17.5 Å². The highest BCUT2D eigenvalue weighted by molar-refractivity contribution is 7.99. The molecule has 206 valence electrons. The Labute approximate surface area is 223 Å². The zero-order valence-corrected chi connectivity index (χ0v) is 22.2. The molecular formula is C27H30F4N2O4S. The molecular weight excluding hydrogens is 524 g/mol. The second-order valence-corrected chi connectivity index (χ2v) is 11.0. The van der Waals surface area contributed by atoms with Crippen LogP contribution in [-0.2, 0) is 16.1 Å². The third-order valence-corrected chi connectivity index (χ3v) is 6.74. The fourth-order valence-corrected chi connectivity index (χ4v) is 4.94. The number of ketones is 1. The summed E-state index contributed by atoms with van der Waals surface area (Å²) in [6.45, 7) is 5.17. The molecule has 1 N–H and O–H groups in total. The Morgan fingerprint density at radius 3 is 2.42 bits per heavy atom. The van der Waals surface area contributed by atoms with Crippen molar-refractivity contribution in [2.75, 3.05) is 10.7 Å². The van der Waals surface area contributed by atoms with Crippen molar-refractivity contribution < 1.29 is 36.7 Å². The van der Waals surface area contributed by atoms with Crippen LogP contribution in [0.25, 0.3) is 0 Å². The molecule has 1 atom stereocenters. The molecule has 0 fully saturated rings. The minimum absolute atomic E-state index is 0.0435. The average Bonchev–Trinajstić information content (AvgIpc) is 2.92. The van der Waals surface area contributed by atoms with Crippen LogP contribution in [0.1, 0.15) is 62.4 Å². The number of carbonyl (C=O) groups is 3. The number of halogens is 4. The van der Waals surface area contributed by atoms with Gasteiger partial charge in [-0.2, -0.15) is 13.2 Å². The van der Waals surface area contributed by atoms with Gasteiger partial charge in [0.2, 0.25) is 0 Å². The molecule has 0 unspecified atom stereocenters. The Morgan fingerprint density at radius 2 is 1.79 bits per heavy atom. The summed E-state index contributed by atoms with van der Waals surface area (Å²) in [6, 6.07) is 10.5. The molecule has 1 heterocycles. The monoisotopic (exact) mass is 554 g/mol. The van der Waals surface area contributed by atoms with Gasteiger partial charge in [-0.25, -0.2) is 9.18 Å². The van der Waals surface area contributed by atoms with Crippen molar-refractivity contribution in [3.8, 4) is 0 Å². The number of fused-ring (bicyclic) bond motifs is 1. The van der Waals surface area contributed by atoms with E-state index in [0.29, 0.717) is 4.90 Å². The summed E-state index contributed by atoms with van der Waals surface area (Å²) in [5.41, 5.74) is -0.0202. The van der Waals surface area contributed by atoms with E-state index in [0.717, 1.165) is 23.4 Å². The van der Waals surface area contributed by atoms with E-state index in [4.69, 9.17) is 4.74 Å². The number of ether oxygens (including phenoxy) is 1. The highest BCUT2D eigenvalue weighted by Crippen LogP contribution is 2.38. The zero-order chi connectivity index (χ0) is 28.1. The number of anilines is 1. The lowest BCUT2D eigenvalue weighted by atomic mass is 10.0. The number of nitrogens with one attached hydrogen (secondary N) is 1. The molecule has 11 heteroatoms. The third kappa shape index (κ3) is 8.47. The molecule has 0 saturated carbocycles. The predicted molar refractivity (Wildman–Crippen MR) is 137 cm³/mol. The first-order chi connectivity index (χ1) is 17.7. The van der Waals surface area contributed by atoms with E-state index < -0.39 is 47.8 Å². The summed E-state index contributed by atoms with van der Waals surface area (Å²) in [7, 11) is 0. The predicted octanol–water partition coefficient (Wildman–Crippen LogP) is 6.66. The molecule has 2 amide bonds. The van der Waals surface area contributed by atoms with Gasteiger partial charge in [0.15, 0.2) is 5.78 Å². The molecule has 38 heavy (non-hydrogen) atoms. The van der Waals surface area contributed by atoms with Crippen molar-refractivity contribution in [2.24, 2.45) is 0 Å². The second kappa shape index (κ2) is 12.2. The van der Waals surface area contributed by atoms with Gasteiger partial charge in [-0.15, -0.1) is 11.8 Å². The Hall–Kier alpha value is -3.08. The van der Waals surface area contributed by atoms with E-state index >= 15 is 0 Å². The van der Waals surface area contributed by atoms with Gasteiger partial charge in [-0.1, -0.05) is 30.3 Å². The van der Waals surface area contributed by atoms with Crippen LogP contribution in [0.5, 0.6) is 0 Å². The van der Waals surface area contributed by atoms with Gasteiger partial charge >= 0.3 is 12.3 Å². The highest BCUT2D eigenvalue weighted by atomic mass is 32.2. The van der Waals surface area contributed by atoms with Crippen LogP contribution in [0.3, 0.4) is 0 Å². The van der Waals surface area contributed by atoms with Crippen LogP contribution in [0.4, 0.5) is 28.0 Å². The number of carbonyl (C=O) groups excluding carboxylic acids is 3. The van der Waals surface area contributed by atoms with Crippen molar-refractivity contribution in [1.29, 1.82) is 0 Å². The summed E-state index contributed by atoms with van der Waals surface area (Å²) >= 11 is 1.15. The Kier molecular flexibility index (Phi) is 9.45. The number of hydrogen-bond donors (Lipinski definition) is 1. The highest BCUT2D eigenvalue weighted by Gasteiger charge is 2.34. The number of alkyl carbamates (subject to hydrolysis) is 1. The molecule has 1 aliphatic rings. The fraction of sp³-hybridized carbons (Fsp3) is 0.444. The largest absolute Gasteiger partial charge is 0.444 e. The maximum absolute atomic E-state index is 15.0. The number of nitrogens with zero attached hydrogens (tertiary/aromatic N) is 1. The molecule has 1 aliphatic heterocycles. The normalized spacial score (nSPS) is 16.0. The van der Waals surface area contributed by atoms with E-state index in [1.165, 1.54) is 11.0 Å². The Morgan fingerprint density at radius 1 is 1.11 bits per heavy atom. The molecule has 2 aromatic carbocycles. The maximum Gasteiger partial charge on any atom is 0.408 e. The smallest absolute Gasteiger partial charge is 0.408 e. The molecule has 0 saturated heterocycles. The fourth-order valence-electron chi connectivity index (χ4n) is 3.86. The number of rotatable bonds is 8. The van der Waals surface area contributed by atoms with E-state index in [1.54, 1.807) is 45.0 Å². The van der Waals surface area contributed by atoms with Crippen molar-refractivity contribution in [1.82, 2.24) is 5.32 Å². The standard InChI is InChI=1S/C27H30F4N2O4S/c1-26(2,3)37-25(36)32-20-16-38-23-14-19(28)18(22(34)11-7-8-12-27(29,30)31)13-21(23)33(24(20)35)15-17-9-5-4-6-10-17/h4-6,9-10,13-14,20H,7-8,11-12,15-16H2,1-3H3,(H,32,36)/t20-/m0/s1. The minimum atomic E-state index is -4.32. The lowest BCUT2D eigenvalue weighted by molar-refractivity contribution is -0.135. The molecule has 2 aromatic rings. The number of hydrogen-bond acceptors (Lipinski definition) is 5. The second-order valence-electron chi connectivity index (χ2n) is 9.97. The number of Topliss-reactive ketones (excluding diaryl/α,β-unsaturated/α-hetero) is 1. The SMILES string of the molecule is CC(C)(C)OC(=O)N[C@H]1CSc2cc(F)c(C(=O)CCCCC(F)(F)F)cc2N(Cc2ccccc2)C1=O. The number of amides is 2. The van der Waals surface area contributed by atoms with Crippen molar-refractivity contribution in [2.45, 2.75) is 75.7 Å². The quantitative estimate of drug-likeness (QED) is 0.224. The van der Waals surface area contributed by atoms with Crippen molar-refractivity contribution >= 4 is 35.2 Å². The zero-order valence-electron chi connectivity index (χ0n) is 21.4. The van der Waals surface area contributed by atoms with Crippen LogP contribution in [0, 0.1) is 5.82 Å². The van der Waals surface area contributed by atoms with Crippen molar-refractivity contribution in [3.05, 3.63) is 59.4 Å². The van der Waals surface area contributed by atoms with Gasteiger partial charge in [0.25, 0.3) is 5.91 Å². The molecule has 0 radical (unpaired) electrons. The summed E-state index contributed by atoms with van der Waals surface area (Å²) < 4.78 is 57.6. The van der Waals surface area contributed by atoms with Crippen LogP contribution >= 0.6 is 11.8 Å². The first-order valence-corrected chi connectivity index (χ1v) is 13.1. The lowest BCUT2D eigenvalue weighted by Gasteiger charge is -2.27. The van der Waals surface area contributed by atoms with Crippen LogP contribution < -0.4 is 10.2 Å². The number of unbranched alkanes of at least 4 members (excludes halogenated alkanes) is 1. The molecule has 0 spiro atoms. The summed E-state index contributed by atoms with van der Waals surface area (Å²) in [6.07, 6.45) is -6.66. The van der Waals surface area contributed by atoms with E-state index in [9.17, 15) is 31.9 Å². The van der Waals surface area contributed by atoms with Gasteiger partial charge in [0, 0.05) is 23.5 Å². The molecule has 0 aromatic heterocycles. The number of benzene rings is 2.